The summed E-state index contributed by atoms with van der Waals surface area (Å²) in [6.07, 6.45) is 6.57. The maximum atomic E-state index is 10.8. The molecule has 1 aromatic rings. The molecule has 0 spiro atoms. The highest BCUT2D eigenvalue weighted by atomic mass is 16.4. The molecule has 4 heteroatoms. The van der Waals surface area contributed by atoms with Crippen molar-refractivity contribution in [2.75, 3.05) is 6.54 Å². The first-order chi connectivity index (χ1) is 7.27. The standard InChI is InChI=1S/C11H10N2O2/c14-11(15)10-4-9(6-13-7-10)8-2-1-3-12-5-8/h1-5,7,13H,6H2,(H,14,15). The molecule has 2 N–H and O–H groups in total. The number of pyridine rings is 1. The van der Waals surface area contributed by atoms with Gasteiger partial charge in [0.15, 0.2) is 0 Å². The fraction of sp³-hybridized carbons (Fsp3) is 0.0909. The van der Waals surface area contributed by atoms with Crippen LogP contribution in [0.5, 0.6) is 0 Å². The van der Waals surface area contributed by atoms with Crippen LogP contribution in [0.2, 0.25) is 0 Å². The number of aliphatic carboxylic acids is 1. The summed E-state index contributed by atoms with van der Waals surface area (Å²) >= 11 is 0. The van der Waals surface area contributed by atoms with E-state index in [9.17, 15) is 4.79 Å². The van der Waals surface area contributed by atoms with Gasteiger partial charge in [0.1, 0.15) is 0 Å². The Kier molecular flexibility index (Phi) is 2.49. The molecule has 0 saturated heterocycles. The monoisotopic (exact) mass is 202 g/mol. The molecule has 1 aliphatic heterocycles. The number of aromatic nitrogens is 1. The van der Waals surface area contributed by atoms with Gasteiger partial charge in [-0.3, -0.25) is 4.98 Å². The molecule has 15 heavy (non-hydrogen) atoms. The molecule has 0 unspecified atom stereocenters. The van der Waals surface area contributed by atoms with Gasteiger partial charge in [0, 0.05) is 25.1 Å². The van der Waals surface area contributed by atoms with Crippen molar-refractivity contribution in [2.45, 2.75) is 0 Å². The van der Waals surface area contributed by atoms with Crippen LogP contribution < -0.4 is 5.32 Å². The van der Waals surface area contributed by atoms with E-state index in [0.29, 0.717) is 6.54 Å². The Hall–Kier alpha value is -2.10. The highest BCUT2D eigenvalue weighted by Crippen LogP contribution is 2.17. The van der Waals surface area contributed by atoms with E-state index in [1.54, 1.807) is 18.5 Å². The number of nitrogens with zero attached hydrogens (tertiary/aromatic N) is 1. The maximum absolute atomic E-state index is 10.8. The Balaban J connectivity index is 2.32. The van der Waals surface area contributed by atoms with Gasteiger partial charge in [-0.05, 0) is 23.3 Å². The van der Waals surface area contributed by atoms with Crippen molar-refractivity contribution in [3.8, 4) is 0 Å². The molecule has 0 atom stereocenters. The molecule has 2 rings (SSSR count). The van der Waals surface area contributed by atoms with E-state index >= 15 is 0 Å². The second-order valence-corrected chi connectivity index (χ2v) is 3.20. The number of nitrogens with one attached hydrogen (secondary N) is 1. The van der Waals surface area contributed by atoms with Crippen LogP contribution in [0.25, 0.3) is 5.57 Å². The van der Waals surface area contributed by atoms with Gasteiger partial charge in [-0.25, -0.2) is 4.79 Å². The normalized spacial score (nSPS) is 14.9. The van der Waals surface area contributed by atoms with Crippen molar-refractivity contribution in [1.82, 2.24) is 10.3 Å². The Morgan fingerprint density at radius 2 is 2.40 bits per heavy atom. The lowest BCUT2D eigenvalue weighted by Gasteiger charge is -2.13. The summed E-state index contributed by atoms with van der Waals surface area (Å²) in [5.41, 5.74) is 2.14. The second kappa shape index (κ2) is 3.96. The van der Waals surface area contributed by atoms with Crippen molar-refractivity contribution < 1.29 is 9.90 Å². The van der Waals surface area contributed by atoms with E-state index in [2.05, 4.69) is 10.3 Å². The molecular weight excluding hydrogens is 192 g/mol. The minimum atomic E-state index is -0.927. The number of hydrogen-bond acceptors (Lipinski definition) is 3. The number of dihydropyridines is 1. The van der Waals surface area contributed by atoms with Crippen LogP contribution >= 0.6 is 0 Å². The zero-order chi connectivity index (χ0) is 10.7. The van der Waals surface area contributed by atoms with Crippen molar-refractivity contribution >= 4 is 11.5 Å². The molecule has 0 radical (unpaired) electrons. The molecule has 0 bridgehead atoms. The molecule has 0 saturated carbocycles. The molecular formula is C11H10N2O2. The van der Waals surface area contributed by atoms with E-state index in [1.165, 1.54) is 6.20 Å². The Morgan fingerprint density at radius 1 is 1.53 bits per heavy atom. The molecule has 4 nitrogen and oxygen atoms in total. The zero-order valence-corrected chi connectivity index (χ0v) is 7.97. The predicted octanol–water partition coefficient (Wildman–Crippen LogP) is 1.04. The zero-order valence-electron chi connectivity index (χ0n) is 7.97. The first-order valence-electron chi connectivity index (χ1n) is 4.55. The third-order valence-corrected chi connectivity index (χ3v) is 2.16. The van der Waals surface area contributed by atoms with Gasteiger partial charge in [-0.2, -0.15) is 0 Å². The van der Waals surface area contributed by atoms with Gasteiger partial charge >= 0.3 is 5.97 Å². The highest BCUT2D eigenvalue weighted by Gasteiger charge is 2.11. The number of hydrogen-bond donors (Lipinski definition) is 2. The highest BCUT2D eigenvalue weighted by molar-refractivity contribution is 5.93. The van der Waals surface area contributed by atoms with Gasteiger partial charge in [0.25, 0.3) is 0 Å². The fourth-order valence-corrected chi connectivity index (χ4v) is 1.41. The second-order valence-electron chi connectivity index (χ2n) is 3.20. The molecule has 1 aromatic heterocycles. The molecule has 76 valence electrons. The van der Waals surface area contributed by atoms with Crippen molar-refractivity contribution in [1.29, 1.82) is 0 Å². The van der Waals surface area contributed by atoms with Crippen LogP contribution in [0.3, 0.4) is 0 Å². The van der Waals surface area contributed by atoms with Crippen LogP contribution in [0.1, 0.15) is 5.56 Å². The number of carboxylic acid groups (broad SMARTS) is 1. The van der Waals surface area contributed by atoms with Crippen LogP contribution in [0.15, 0.2) is 42.4 Å². The summed E-state index contributed by atoms with van der Waals surface area (Å²) in [7, 11) is 0. The van der Waals surface area contributed by atoms with Crippen molar-refractivity contribution in [3.63, 3.8) is 0 Å². The van der Waals surface area contributed by atoms with Gasteiger partial charge in [0.2, 0.25) is 0 Å². The molecule has 0 aromatic carbocycles. The van der Waals surface area contributed by atoms with Crippen LogP contribution in [-0.2, 0) is 4.79 Å². The largest absolute Gasteiger partial charge is 0.478 e. The van der Waals surface area contributed by atoms with Gasteiger partial charge in [0.05, 0.1) is 5.57 Å². The van der Waals surface area contributed by atoms with E-state index in [0.717, 1.165) is 11.1 Å². The van der Waals surface area contributed by atoms with Gasteiger partial charge < -0.3 is 10.4 Å². The Labute approximate surface area is 87.0 Å². The van der Waals surface area contributed by atoms with E-state index in [1.807, 2.05) is 12.1 Å². The van der Waals surface area contributed by atoms with Crippen LogP contribution in [-0.4, -0.2) is 22.6 Å². The lowest BCUT2D eigenvalue weighted by molar-refractivity contribution is -0.132. The van der Waals surface area contributed by atoms with Gasteiger partial charge in [-0.15, -0.1) is 0 Å². The molecule has 0 amide bonds. The smallest absolute Gasteiger partial charge is 0.337 e. The minimum Gasteiger partial charge on any atom is -0.478 e. The summed E-state index contributed by atoms with van der Waals surface area (Å²) in [6, 6.07) is 3.74. The first-order valence-corrected chi connectivity index (χ1v) is 4.55. The average molecular weight is 202 g/mol. The van der Waals surface area contributed by atoms with E-state index in [-0.39, 0.29) is 5.57 Å². The van der Waals surface area contributed by atoms with Crippen LogP contribution in [0.4, 0.5) is 0 Å². The topological polar surface area (TPSA) is 62.2 Å². The third-order valence-electron chi connectivity index (χ3n) is 2.16. The summed E-state index contributed by atoms with van der Waals surface area (Å²) in [5, 5.41) is 11.8. The third kappa shape index (κ3) is 2.04. The minimum absolute atomic E-state index is 0.264. The molecule has 0 aliphatic carbocycles. The van der Waals surface area contributed by atoms with Crippen molar-refractivity contribution in [3.05, 3.63) is 47.9 Å². The predicted molar refractivity (Wildman–Crippen MR) is 55.9 cm³/mol. The molecule has 0 fully saturated rings. The molecule has 2 heterocycles. The van der Waals surface area contributed by atoms with Crippen molar-refractivity contribution in [2.24, 2.45) is 0 Å². The average Bonchev–Trinajstić information content (AvgIpc) is 2.30. The summed E-state index contributed by atoms with van der Waals surface area (Å²) in [4.78, 5) is 14.8. The lowest BCUT2D eigenvalue weighted by atomic mass is 10.0. The number of carbonyl (C=O) groups is 1. The quantitative estimate of drug-likeness (QED) is 0.752. The number of rotatable bonds is 2. The Bertz CT molecular complexity index is 435. The molecule has 1 aliphatic rings. The van der Waals surface area contributed by atoms with E-state index in [4.69, 9.17) is 5.11 Å². The van der Waals surface area contributed by atoms with Gasteiger partial charge in [-0.1, -0.05) is 6.07 Å². The summed E-state index contributed by atoms with van der Waals surface area (Å²) < 4.78 is 0. The summed E-state index contributed by atoms with van der Waals surface area (Å²) in [5.74, 6) is -0.927. The maximum Gasteiger partial charge on any atom is 0.337 e. The SMILES string of the molecule is O=C(O)C1=CNCC(c2cccnc2)=C1. The lowest BCUT2D eigenvalue weighted by Crippen LogP contribution is -2.17. The first kappa shape index (κ1) is 9.45. The summed E-state index contributed by atoms with van der Waals surface area (Å²) in [6.45, 7) is 0.627. The van der Waals surface area contributed by atoms with E-state index < -0.39 is 5.97 Å². The van der Waals surface area contributed by atoms with Crippen LogP contribution in [0, 0.1) is 0 Å². The Morgan fingerprint density at radius 3 is 3.07 bits per heavy atom. The fourth-order valence-electron chi connectivity index (χ4n) is 1.41. The number of carboxylic acids is 1.